The Morgan fingerprint density at radius 2 is 1.81 bits per heavy atom. The molecule has 172 valence electrons. The molecule has 0 bridgehead atoms. The summed E-state index contributed by atoms with van der Waals surface area (Å²) in [5.41, 5.74) is 1.15. The van der Waals surface area contributed by atoms with Crippen LogP contribution in [0.15, 0.2) is 24.3 Å². The van der Waals surface area contributed by atoms with Crippen LogP contribution in [0.5, 0.6) is 5.75 Å². The molecule has 1 saturated carbocycles. The number of likely N-dealkylation sites (tertiary alicyclic amines) is 1. The molecule has 2 N–H and O–H groups in total. The highest BCUT2D eigenvalue weighted by molar-refractivity contribution is 5.88. The average Bonchev–Trinajstić information content (AvgIpc) is 3.32. The molecule has 1 aliphatic heterocycles. The molecule has 0 radical (unpaired) electrons. The van der Waals surface area contributed by atoms with E-state index < -0.39 is 6.04 Å². The Morgan fingerprint density at radius 3 is 2.45 bits per heavy atom. The van der Waals surface area contributed by atoms with E-state index in [0.29, 0.717) is 6.54 Å². The molecule has 6 heteroatoms. The number of carbonyl (C=O) groups excluding carboxylic acids is 2. The molecule has 6 nitrogen and oxygen atoms in total. The molecule has 1 aromatic carbocycles. The van der Waals surface area contributed by atoms with E-state index in [-0.39, 0.29) is 29.7 Å². The van der Waals surface area contributed by atoms with Gasteiger partial charge in [-0.1, -0.05) is 45.2 Å². The Labute approximate surface area is 187 Å². The molecule has 2 unspecified atom stereocenters. The van der Waals surface area contributed by atoms with Crippen LogP contribution in [0.25, 0.3) is 0 Å². The van der Waals surface area contributed by atoms with Crippen LogP contribution in [-0.2, 0) is 9.59 Å². The SMILES string of the molecule is COc1cccc(C(CNC(=O)C(NC(=O)C2CCCCC2)C(C)C)N2CCCC2)c1. The molecular weight excluding hydrogens is 390 g/mol. The van der Waals surface area contributed by atoms with Crippen molar-refractivity contribution < 1.29 is 14.3 Å². The summed E-state index contributed by atoms with van der Waals surface area (Å²) in [5.74, 6) is 0.864. The van der Waals surface area contributed by atoms with E-state index in [1.54, 1.807) is 7.11 Å². The fraction of sp³-hybridized carbons (Fsp3) is 0.680. The van der Waals surface area contributed by atoms with Gasteiger partial charge in [-0.2, -0.15) is 0 Å². The van der Waals surface area contributed by atoms with Gasteiger partial charge >= 0.3 is 0 Å². The number of nitrogens with one attached hydrogen (secondary N) is 2. The van der Waals surface area contributed by atoms with Gasteiger partial charge in [0.05, 0.1) is 13.2 Å². The smallest absolute Gasteiger partial charge is 0.242 e. The molecule has 3 rings (SSSR count). The molecule has 0 aromatic heterocycles. The molecule has 2 fully saturated rings. The molecule has 2 aliphatic rings. The molecular formula is C25H39N3O3. The van der Waals surface area contributed by atoms with Crippen LogP contribution in [0.4, 0.5) is 0 Å². The maximum atomic E-state index is 13.1. The monoisotopic (exact) mass is 429 g/mol. The highest BCUT2D eigenvalue weighted by atomic mass is 16.5. The van der Waals surface area contributed by atoms with Gasteiger partial charge < -0.3 is 15.4 Å². The summed E-state index contributed by atoms with van der Waals surface area (Å²) < 4.78 is 5.41. The first-order chi connectivity index (χ1) is 15.0. The van der Waals surface area contributed by atoms with Crippen molar-refractivity contribution in [2.45, 2.75) is 70.9 Å². The lowest BCUT2D eigenvalue weighted by atomic mass is 9.88. The third-order valence-corrected chi connectivity index (χ3v) is 6.75. The van der Waals surface area contributed by atoms with E-state index in [1.807, 2.05) is 26.0 Å². The Morgan fingerprint density at radius 1 is 1.10 bits per heavy atom. The fourth-order valence-corrected chi connectivity index (χ4v) is 4.84. The number of hydrogen-bond donors (Lipinski definition) is 2. The van der Waals surface area contributed by atoms with Gasteiger partial charge in [0.2, 0.25) is 11.8 Å². The van der Waals surface area contributed by atoms with Gasteiger partial charge in [0.1, 0.15) is 11.8 Å². The van der Waals surface area contributed by atoms with E-state index in [4.69, 9.17) is 4.74 Å². The summed E-state index contributed by atoms with van der Waals surface area (Å²) in [6.07, 6.45) is 7.65. The first-order valence-corrected chi connectivity index (χ1v) is 12.0. The van der Waals surface area contributed by atoms with Gasteiger partial charge in [0.15, 0.2) is 0 Å². The van der Waals surface area contributed by atoms with Gasteiger partial charge in [0, 0.05) is 12.5 Å². The lowest BCUT2D eigenvalue weighted by molar-refractivity contribution is -0.132. The Balaban J connectivity index is 1.65. The lowest BCUT2D eigenvalue weighted by Crippen LogP contribution is -2.52. The minimum absolute atomic E-state index is 0.0367. The van der Waals surface area contributed by atoms with Crippen molar-refractivity contribution in [1.82, 2.24) is 15.5 Å². The third kappa shape index (κ3) is 6.45. The zero-order valence-electron chi connectivity index (χ0n) is 19.4. The number of nitrogens with zero attached hydrogens (tertiary/aromatic N) is 1. The zero-order chi connectivity index (χ0) is 22.2. The number of ether oxygens (including phenoxy) is 1. The topological polar surface area (TPSA) is 70.7 Å². The highest BCUT2D eigenvalue weighted by Crippen LogP contribution is 2.27. The van der Waals surface area contributed by atoms with E-state index in [0.717, 1.165) is 50.1 Å². The Kier molecular flexibility index (Phi) is 8.76. The lowest BCUT2D eigenvalue weighted by Gasteiger charge is -2.30. The Hall–Kier alpha value is -2.08. The molecule has 1 aromatic rings. The van der Waals surface area contributed by atoms with E-state index in [2.05, 4.69) is 27.7 Å². The van der Waals surface area contributed by atoms with Crippen LogP contribution in [0, 0.1) is 11.8 Å². The van der Waals surface area contributed by atoms with Crippen LogP contribution >= 0.6 is 0 Å². The summed E-state index contributed by atoms with van der Waals surface area (Å²) in [6.45, 7) is 6.57. The van der Waals surface area contributed by atoms with Crippen molar-refractivity contribution in [2.75, 3.05) is 26.7 Å². The third-order valence-electron chi connectivity index (χ3n) is 6.75. The number of hydrogen-bond acceptors (Lipinski definition) is 4. The van der Waals surface area contributed by atoms with Crippen molar-refractivity contribution >= 4 is 11.8 Å². The van der Waals surface area contributed by atoms with Crippen LogP contribution in [0.2, 0.25) is 0 Å². The second-order valence-corrected chi connectivity index (χ2v) is 9.35. The maximum absolute atomic E-state index is 13.1. The zero-order valence-corrected chi connectivity index (χ0v) is 19.4. The number of amides is 2. The van der Waals surface area contributed by atoms with Crippen molar-refractivity contribution in [1.29, 1.82) is 0 Å². The highest BCUT2D eigenvalue weighted by Gasteiger charge is 2.30. The largest absolute Gasteiger partial charge is 0.497 e. The van der Waals surface area contributed by atoms with Gasteiger partial charge in [-0.05, 0) is 62.4 Å². The molecule has 1 aliphatic carbocycles. The second kappa shape index (κ2) is 11.5. The van der Waals surface area contributed by atoms with Crippen LogP contribution in [0.3, 0.4) is 0 Å². The van der Waals surface area contributed by atoms with Crippen LogP contribution < -0.4 is 15.4 Å². The fourth-order valence-electron chi connectivity index (χ4n) is 4.84. The van der Waals surface area contributed by atoms with Crippen molar-refractivity contribution in [3.8, 4) is 5.75 Å². The first-order valence-electron chi connectivity index (χ1n) is 12.0. The standard InChI is InChI=1S/C25H39N3O3/c1-18(2)23(27-24(29)19-10-5-4-6-11-19)25(30)26-17-22(28-14-7-8-15-28)20-12-9-13-21(16-20)31-3/h9,12-13,16,18-19,22-23H,4-8,10-11,14-15,17H2,1-3H3,(H,26,30)(H,27,29). The second-order valence-electron chi connectivity index (χ2n) is 9.35. The van der Waals surface area contributed by atoms with Crippen molar-refractivity contribution in [3.63, 3.8) is 0 Å². The minimum Gasteiger partial charge on any atom is -0.497 e. The minimum atomic E-state index is -0.501. The summed E-state index contributed by atoms with van der Waals surface area (Å²) in [7, 11) is 1.67. The summed E-state index contributed by atoms with van der Waals surface area (Å²) in [4.78, 5) is 28.3. The molecule has 2 atom stereocenters. The molecule has 1 saturated heterocycles. The van der Waals surface area contributed by atoms with Crippen LogP contribution in [-0.4, -0.2) is 49.5 Å². The first kappa shape index (κ1) is 23.6. The predicted octanol–water partition coefficient (Wildman–Crippen LogP) is 3.67. The molecule has 2 amide bonds. The van der Waals surface area contributed by atoms with Gasteiger partial charge in [-0.3, -0.25) is 14.5 Å². The average molecular weight is 430 g/mol. The molecule has 31 heavy (non-hydrogen) atoms. The number of carbonyl (C=O) groups is 2. The van der Waals surface area contributed by atoms with Crippen molar-refractivity contribution in [2.24, 2.45) is 11.8 Å². The van der Waals surface area contributed by atoms with E-state index >= 15 is 0 Å². The van der Waals surface area contributed by atoms with E-state index in [9.17, 15) is 9.59 Å². The predicted molar refractivity (Wildman–Crippen MR) is 123 cm³/mol. The quantitative estimate of drug-likeness (QED) is 0.628. The maximum Gasteiger partial charge on any atom is 0.242 e. The molecule has 1 heterocycles. The van der Waals surface area contributed by atoms with Gasteiger partial charge in [0.25, 0.3) is 0 Å². The van der Waals surface area contributed by atoms with E-state index in [1.165, 1.54) is 19.3 Å². The summed E-state index contributed by atoms with van der Waals surface area (Å²) in [5, 5.41) is 6.20. The number of rotatable bonds is 9. The number of methoxy groups -OCH3 is 1. The van der Waals surface area contributed by atoms with Crippen molar-refractivity contribution in [3.05, 3.63) is 29.8 Å². The van der Waals surface area contributed by atoms with Gasteiger partial charge in [-0.25, -0.2) is 0 Å². The van der Waals surface area contributed by atoms with Gasteiger partial charge in [-0.15, -0.1) is 0 Å². The normalized spacial score (nSPS) is 19.7. The molecule has 0 spiro atoms. The summed E-state index contributed by atoms with van der Waals surface area (Å²) >= 11 is 0. The Bertz CT molecular complexity index is 724. The number of benzene rings is 1. The van der Waals surface area contributed by atoms with Crippen LogP contribution in [0.1, 0.15) is 70.4 Å². The summed E-state index contributed by atoms with van der Waals surface area (Å²) in [6, 6.07) is 7.70.